The Bertz CT molecular complexity index is 400. The molecule has 2 heterocycles. The van der Waals surface area contributed by atoms with E-state index in [-0.39, 0.29) is 10.1 Å². The highest BCUT2D eigenvalue weighted by Gasteiger charge is 2.67. The van der Waals surface area contributed by atoms with Gasteiger partial charge in [-0.15, -0.1) is 11.8 Å². The van der Waals surface area contributed by atoms with Gasteiger partial charge in [0.25, 0.3) is 0 Å². The fourth-order valence-electron chi connectivity index (χ4n) is 2.85. The van der Waals surface area contributed by atoms with Crippen molar-refractivity contribution in [3.63, 3.8) is 0 Å². The number of carboxylic acids is 1. The van der Waals surface area contributed by atoms with Crippen LogP contribution in [0.3, 0.4) is 0 Å². The molecule has 2 saturated heterocycles. The van der Waals surface area contributed by atoms with Crippen LogP contribution in [0.5, 0.6) is 0 Å². The highest BCUT2D eigenvalue weighted by molar-refractivity contribution is 8.02. The van der Waals surface area contributed by atoms with E-state index in [1.165, 1.54) is 0 Å². The number of thiocarbonyl (C=S) groups is 1. The maximum atomic E-state index is 11.4. The molecule has 0 radical (unpaired) electrons. The summed E-state index contributed by atoms with van der Waals surface area (Å²) in [4.78, 5) is 13.9. The summed E-state index contributed by atoms with van der Waals surface area (Å²) in [6, 6.07) is -0.557. The molecule has 18 heavy (non-hydrogen) atoms. The fourth-order valence-corrected chi connectivity index (χ4v) is 5.12. The summed E-state index contributed by atoms with van der Waals surface area (Å²) in [6.07, 6.45) is 2.95. The molecule has 4 nitrogen and oxygen atoms in total. The molecule has 0 aliphatic carbocycles. The molecule has 2 aliphatic heterocycles. The van der Waals surface area contributed by atoms with Gasteiger partial charge in [-0.3, -0.25) is 0 Å². The number of nitrogens with two attached hydrogens (primary N) is 1. The number of nitrogens with zero attached hydrogens (tertiary/aromatic N) is 1. The Balaban J connectivity index is 2.24. The second-order valence-electron chi connectivity index (χ2n) is 5.67. The van der Waals surface area contributed by atoms with E-state index in [0.717, 1.165) is 19.3 Å². The lowest BCUT2D eigenvalue weighted by molar-refractivity contribution is -0.143. The van der Waals surface area contributed by atoms with Crippen molar-refractivity contribution in [3.8, 4) is 0 Å². The summed E-state index contributed by atoms with van der Waals surface area (Å²) in [7, 11) is 0. The number of thioether (sulfide) groups is 1. The third kappa shape index (κ3) is 1.77. The molecule has 0 saturated carbocycles. The monoisotopic (exact) mass is 288 g/mol. The van der Waals surface area contributed by atoms with E-state index in [1.54, 1.807) is 11.8 Å². The van der Waals surface area contributed by atoms with Crippen LogP contribution in [0.4, 0.5) is 0 Å². The molecular formula is C12H20N2O2S2. The molecule has 3 N–H and O–H groups in total. The standard InChI is InChI=1S/C12H20N2O2S2/c1-4-5-6-12(13)9(17)14-7(8(15)16)11(2,3)18-10(12)14/h7,10H,4-6,13H2,1-3H3,(H,15,16)/t7-,10+,12-/m0/s1. The molecule has 3 atom stereocenters. The molecule has 2 aliphatic rings. The normalized spacial score (nSPS) is 37.3. The molecule has 0 bridgehead atoms. The van der Waals surface area contributed by atoms with Crippen LogP contribution in [0.15, 0.2) is 0 Å². The summed E-state index contributed by atoms with van der Waals surface area (Å²) < 4.78 is -0.353. The Labute approximate surface area is 117 Å². The maximum Gasteiger partial charge on any atom is 0.327 e. The average Bonchev–Trinajstić information content (AvgIpc) is 2.55. The van der Waals surface area contributed by atoms with E-state index in [9.17, 15) is 9.90 Å². The fraction of sp³-hybridized carbons (Fsp3) is 0.833. The Morgan fingerprint density at radius 1 is 1.61 bits per heavy atom. The third-order valence-electron chi connectivity index (χ3n) is 3.86. The van der Waals surface area contributed by atoms with Crippen molar-refractivity contribution in [1.29, 1.82) is 0 Å². The second-order valence-corrected chi connectivity index (χ2v) is 7.79. The van der Waals surface area contributed by atoms with Gasteiger partial charge >= 0.3 is 5.97 Å². The molecule has 0 spiro atoms. The van der Waals surface area contributed by atoms with Crippen LogP contribution in [-0.2, 0) is 4.79 Å². The Kier molecular flexibility index (Phi) is 3.41. The van der Waals surface area contributed by atoms with Gasteiger partial charge < -0.3 is 15.7 Å². The molecule has 0 aromatic heterocycles. The SMILES string of the molecule is CCCC[C@]1(N)C(=S)N2[C@@H](C(=O)O)C(C)(C)S[C@@H]21. The van der Waals surface area contributed by atoms with Crippen molar-refractivity contribution in [2.24, 2.45) is 5.73 Å². The lowest BCUT2D eigenvalue weighted by Gasteiger charge is -2.54. The van der Waals surface area contributed by atoms with Gasteiger partial charge in [0.2, 0.25) is 0 Å². The Morgan fingerprint density at radius 3 is 2.72 bits per heavy atom. The zero-order valence-electron chi connectivity index (χ0n) is 11.0. The Morgan fingerprint density at radius 2 is 2.22 bits per heavy atom. The van der Waals surface area contributed by atoms with Crippen LogP contribution < -0.4 is 5.73 Å². The minimum atomic E-state index is -0.810. The first kappa shape index (κ1) is 14.1. The first-order valence-corrected chi connectivity index (χ1v) is 7.56. The summed E-state index contributed by atoms with van der Waals surface area (Å²) >= 11 is 7.04. The number of carbonyl (C=O) groups is 1. The second kappa shape index (κ2) is 4.35. The van der Waals surface area contributed by atoms with Gasteiger partial charge in [0.05, 0.1) is 5.54 Å². The largest absolute Gasteiger partial charge is 0.480 e. The molecule has 102 valence electrons. The van der Waals surface area contributed by atoms with Crippen molar-refractivity contribution in [3.05, 3.63) is 0 Å². The van der Waals surface area contributed by atoms with Gasteiger partial charge in [0.15, 0.2) is 0 Å². The van der Waals surface area contributed by atoms with E-state index < -0.39 is 17.6 Å². The van der Waals surface area contributed by atoms with Crippen LogP contribution in [0.25, 0.3) is 0 Å². The van der Waals surface area contributed by atoms with Crippen molar-refractivity contribution in [2.75, 3.05) is 0 Å². The highest BCUT2D eigenvalue weighted by Crippen LogP contribution is 2.55. The topological polar surface area (TPSA) is 66.6 Å². The quantitative estimate of drug-likeness (QED) is 0.769. The molecule has 0 aromatic carbocycles. The van der Waals surface area contributed by atoms with Crippen molar-refractivity contribution < 1.29 is 9.90 Å². The van der Waals surface area contributed by atoms with Crippen LogP contribution in [0.2, 0.25) is 0 Å². The molecule has 0 unspecified atom stereocenters. The van der Waals surface area contributed by atoms with Crippen LogP contribution in [-0.4, -0.2) is 42.7 Å². The first-order valence-electron chi connectivity index (χ1n) is 6.28. The zero-order valence-corrected chi connectivity index (χ0v) is 12.6. The van der Waals surface area contributed by atoms with Gasteiger partial charge in [-0.25, -0.2) is 4.79 Å². The lowest BCUT2D eigenvalue weighted by Crippen LogP contribution is -2.76. The number of rotatable bonds is 4. The molecule has 6 heteroatoms. The average molecular weight is 288 g/mol. The van der Waals surface area contributed by atoms with Gasteiger partial charge in [0.1, 0.15) is 16.4 Å². The summed E-state index contributed by atoms with van der Waals surface area (Å²) in [5.74, 6) is -0.810. The molecule has 2 rings (SSSR count). The van der Waals surface area contributed by atoms with Gasteiger partial charge in [-0.05, 0) is 20.3 Å². The van der Waals surface area contributed by atoms with Crippen LogP contribution in [0.1, 0.15) is 40.0 Å². The molecule has 0 aromatic rings. The smallest absolute Gasteiger partial charge is 0.327 e. The minimum Gasteiger partial charge on any atom is -0.480 e. The number of hydrogen-bond donors (Lipinski definition) is 2. The van der Waals surface area contributed by atoms with Crippen LogP contribution >= 0.6 is 24.0 Å². The summed E-state index contributed by atoms with van der Waals surface area (Å²) in [6.45, 7) is 6.03. The Hall–Kier alpha value is -0.330. The van der Waals surface area contributed by atoms with E-state index in [4.69, 9.17) is 18.0 Å². The van der Waals surface area contributed by atoms with Gasteiger partial charge in [0, 0.05) is 4.75 Å². The number of hydrogen-bond acceptors (Lipinski definition) is 4. The predicted molar refractivity (Wildman–Crippen MR) is 77.8 cm³/mol. The minimum absolute atomic E-state index is 0.0210. The molecule has 0 amide bonds. The van der Waals surface area contributed by atoms with E-state index in [1.807, 2.05) is 18.7 Å². The number of carboxylic acid groups (broad SMARTS) is 1. The van der Waals surface area contributed by atoms with E-state index >= 15 is 0 Å². The summed E-state index contributed by atoms with van der Waals surface area (Å²) in [5, 5.41) is 9.40. The van der Waals surface area contributed by atoms with Crippen molar-refractivity contribution >= 4 is 34.9 Å². The van der Waals surface area contributed by atoms with E-state index in [0.29, 0.717) is 4.99 Å². The van der Waals surface area contributed by atoms with E-state index in [2.05, 4.69) is 6.92 Å². The van der Waals surface area contributed by atoms with Crippen molar-refractivity contribution in [2.45, 2.75) is 61.7 Å². The number of fused-ring (bicyclic) bond motifs is 1. The molecule has 2 fully saturated rings. The number of aliphatic carboxylic acids is 1. The number of unbranched alkanes of at least 4 members (excludes halogenated alkanes) is 1. The van der Waals surface area contributed by atoms with Crippen molar-refractivity contribution in [1.82, 2.24) is 4.90 Å². The third-order valence-corrected chi connectivity index (χ3v) is 6.15. The van der Waals surface area contributed by atoms with Crippen LogP contribution in [0, 0.1) is 0 Å². The highest BCUT2D eigenvalue weighted by atomic mass is 32.2. The molecular weight excluding hydrogens is 268 g/mol. The maximum absolute atomic E-state index is 11.4. The summed E-state index contributed by atoms with van der Waals surface area (Å²) in [5.41, 5.74) is 5.92. The van der Waals surface area contributed by atoms with Gasteiger partial charge in [-0.1, -0.05) is 32.0 Å². The van der Waals surface area contributed by atoms with Gasteiger partial charge in [-0.2, -0.15) is 0 Å². The lowest BCUT2D eigenvalue weighted by atomic mass is 9.82. The first-order chi connectivity index (χ1) is 8.25. The predicted octanol–water partition coefficient (Wildman–Crippen LogP) is 1.82. The zero-order chi connectivity index (χ0) is 13.7.